The molecule has 3 rings (SSSR count). The van der Waals surface area contributed by atoms with Gasteiger partial charge in [-0.1, -0.05) is 33.6 Å². The average Bonchev–Trinajstić information content (AvgIpc) is 2.53. The van der Waals surface area contributed by atoms with Crippen molar-refractivity contribution in [3.63, 3.8) is 0 Å². The summed E-state index contributed by atoms with van der Waals surface area (Å²) in [6, 6.07) is 10.8. The highest BCUT2D eigenvalue weighted by Gasteiger charge is 2.18. The molecule has 0 bridgehead atoms. The number of hydrogen-bond acceptors (Lipinski definition) is 3. The zero-order valence-electron chi connectivity index (χ0n) is 13.6. The van der Waals surface area contributed by atoms with Crippen LogP contribution in [0.15, 0.2) is 51.8 Å². The lowest BCUT2D eigenvalue weighted by Gasteiger charge is -2.22. The quantitative estimate of drug-likeness (QED) is 0.758. The third kappa shape index (κ3) is 3.55. The second-order valence-electron chi connectivity index (χ2n) is 5.95. The normalized spacial score (nSPS) is 14.0. The maximum Gasteiger partial charge on any atom is 0.257 e. The minimum Gasteiger partial charge on any atom is -0.308 e. The van der Waals surface area contributed by atoms with Crippen LogP contribution in [0.5, 0.6) is 0 Å². The van der Waals surface area contributed by atoms with Crippen LogP contribution in [0.2, 0.25) is 0 Å². The first-order chi connectivity index (χ1) is 11.4. The van der Waals surface area contributed by atoms with Gasteiger partial charge in [-0.3, -0.25) is 0 Å². The number of rotatable bonds is 4. The predicted molar refractivity (Wildman–Crippen MR) is 99.8 cm³/mol. The molecule has 0 fully saturated rings. The number of hydrogen-bond donors (Lipinski definition) is 2. The van der Waals surface area contributed by atoms with E-state index in [1.807, 2.05) is 13.0 Å². The number of hydrazine groups is 1. The summed E-state index contributed by atoms with van der Waals surface area (Å²) in [5.74, 6) is 0. The second kappa shape index (κ2) is 6.70. The summed E-state index contributed by atoms with van der Waals surface area (Å²) < 4.78 is 25.7. The van der Waals surface area contributed by atoms with E-state index in [4.69, 9.17) is 0 Å². The van der Waals surface area contributed by atoms with Crippen molar-refractivity contribution >= 4 is 31.7 Å². The molecule has 0 atom stereocenters. The van der Waals surface area contributed by atoms with Gasteiger partial charge in [-0.25, -0.2) is 8.42 Å². The molecule has 0 amide bonds. The lowest BCUT2D eigenvalue weighted by atomic mass is 9.90. The minimum absolute atomic E-state index is 0.218. The van der Waals surface area contributed by atoms with Crippen LogP contribution in [0.1, 0.15) is 28.7 Å². The number of allylic oxidation sites excluding steroid dienone is 1. The van der Waals surface area contributed by atoms with Gasteiger partial charge in [-0.05, 0) is 68.1 Å². The Morgan fingerprint density at radius 2 is 1.79 bits per heavy atom. The highest BCUT2D eigenvalue weighted by atomic mass is 79.9. The van der Waals surface area contributed by atoms with Gasteiger partial charge in [0.1, 0.15) is 0 Å². The van der Waals surface area contributed by atoms with Gasteiger partial charge >= 0.3 is 0 Å². The van der Waals surface area contributed by atoms with Crippen molar-refractivity contribution in [1.82, 2.24) is 10.3 Å². The molecule has 24 heavy (non-hydrogen) atoms. The molecular formula is C18H19BrN2O2S. The van der Waals surface area contributed by atoms with Crippen LogP contribution in [0.4, 0.5) is 0 Å². The highest BCUT2D eigenvalue weighted by molar-refractivity contribution is 9.10. The molecule has 0 spiro atoms. The van der Waals surface area contributed by atoms with Crippen LogP contribution in [0.25, 0.3) is 5.70 Å². The topological polar surface area (TPSA) is 58.2 Å². The Kier molecular flexibility index (Phi) is 4.80. The summed E-state index contributed by atoms with van der Waals surface area (Å²) in [4.78, 5) is 2.70. The van der Waals surface area contributed by atoms with Gasteiger partial charge in [0.2, 0.25) is 0 Å². The first-order valence-electron chi connectivity index (χ1n) is 7.71. The third-order valence-electron chi connectivity index (χ3n) is 4.09. The van der Waals surface area contributed by atoms with Crippen LogP contribution in [-0.2, 0) is 16.4 Å². The van der Waals surface area contributed by atoms with Crippen molar-refractivity contribution < 1.29 is 8.42 Å². The minimum atomic E-state index is -3.62. The van der Waals surface area contributed by atoms with Crippen molar-refractivity contribution in [3.05, 3.63) is 69.2 Å². The SMILES string of the molecule is Cc1cc(C)c2c(c1)C(NNS(=O)(=O)c1ccc(Br)cc1)=CCC2. The fourth-order valence-electron chi connectivity index (χ4n) is 2.95. The number of sulfonamides is 1. The molecule has 0 radical (unpaired) electrons. The van der Waals surface area contributed by atoms with E-state index in [-0.39, 0.29) is 4.90 Å². The first-order valence-corrected chi connectivity index (χ1v) is 9.98. The summed E-state index contributed by atoms with van der Waals surface area (Å²) in [6.45, 7) is 4.15. The molecule has 1 aliphatic carbocycles. The van der Waals surface area contributed by atoms with Gasteiger partial charge in [0.05, 0.1) is 10.6 Å². The van der Waals surface area contributed by atoms with Crippen molar-refractivity contribution in [2.75, 3.05) is 0 Å². The third-order valence-corrected chi connectivity index (χ3v) is 5.89. The molecule has 2 aromatic rings. The number of halogens is 1. The Hall–Kier alpha value is -1.63. The van der Waals surface area contributed by atoms with Gasteiger partial charge in [-0.2, -0.15) is 0 Å². The molecule has 6 heteroatoms. The van der Waals surface area contributed by atoms with E-state index in [9.17, 15) is 8.42 Å². The van der Waals surface area contributed by atoms with Crippen molar-refractivity contribution in [2.45, 2.75) is 31.6 Å². The predicted octanol–water partition coefficient (Wildman–Crippen LogP) is 3.84. The number of fused-ring (bicyclic) bond motifs is 1. The average molecular weight is 407 g/mol. The second-order valence-corrected chi connectivity index (χ2v) is 8.55. The molecule has 0 saturated carbocycles. The summed E-state index contributed by atoms with van der Waals surface area (Å²) in [6.07, 6.45) is 3.90. The highest BCUT2D eigenvalue weighted by Crippen LogP contribution is 2.28. The number of benzene rings is 2. The van der Waals surface area contributed by atoms with Crippen LogP contribution in [0.3, 0.4) is 0 Å². The summed E-state index contributed by atoms with van der Waals surface area (Å²) in [7, 11) is -3.62. The molecule has 0 heterocycles. The first kappa shape index (κ1) is 17.2. The number of aryl methyl sites for hydroxylation is 2. The van der Waals surface area contributed by atoms with Crippen molar-refractivity contribution in [3.8, 4) is 0 Å². The summed E-state index contributed by atoms with van der Waals surface area (Å²) >= 11 is 3.31. The van der Waals surface area contributed by atoms with E-state index >= 15 is 0 Å². The van der Waals surface area contributed by atoms with E-state index in [1.165, 1.54) is 11.1 Å². The van der Waals surface area contributed by atoms with Crippen LogP contribution in [-0.4, -0.2) is 8.42 Å². The lowest BCUT2D eigenvalue weighted by Crippen LogP contribution is -2.36. The Bertz CT molecular complexity index is 903. The van der Waals surface area contributed by atoms with E-state index < -0.39 is 10.0 Å². The maximum absolute atomic E-state index is 12.4. The molecule has 2 N–H and O–H groups in total. The van der Waals surface area contributed by atoms with Crippen molar-refractivity contribution in [1.29, 1.82) is 0 Å². The standard InChI is InChI=1S/C18H19BrN2O2S/c1-12-10-13(2)16-4-3-5-18(17(16)11-12)20-21-24(22,23)15-8-6-14(19)7-9-15/h5-11,20-21H,3-4H2,1-2H3. The zero-order valence-corrected chi connectivity index (χ0v) is 16.0. The molecule has 0 unspecified atom stereocenters. The van der Waals surface area contributed by atoms with Gasteiger partial charge in [-0.15, -0.1) is 4.83 Å². The molecular weight excluding hydrogens is 388 g/mol. The number of nitrogens with one attached hydrogen (secondary N) is 2. The summed E-state index contributed by atoms with van der Waals surface area (Å²) in [5, 5.41) is 0. The fraction of sp³-hybridized carbons (Fsp3) is 0.222. The van der Waals surface area contributed by atoms with Crippen LogP contribution >= 0.6 is 15.9 Å². The molecule has 0 saturated heterocycles. The molecule has 4 nitrogen and oxygen atoms in total. The van der Waals surface area contributed by atoms with Crippen LogP contribution < -0.4 is 10.3 Å². The van der Waals surface area contributed by atoms with E-state index in [0.717, 1.165) is 34.1 Å². The molecule has 126 valence electrons. The van der Waals surface area contributed by atoms with E-state index in [0.29, 0.717) is 0 Å². The van der Waals surface area contributed by atoms with Crippen LogP contribution in [0, 0.1) is 13.8 Å². The Labute approximate surface area is 151 Å². The zero-order chi connectivity index (χ0) is 17.3. The molecule has 0 aromatic heterocycles. The molecule has 1 aliphatic rings. The van der Waals surface area contributed by atoms with E-state index in [2.05, 4.69) is 45.2 Å². The maximum atomic E-state index is 12.4. The molecule has 0 aliphatic heterocycles. The Morgan fingerprint density at radius 1 is 1.08 bits per heavy atom. The monoisotopic (exact) mass is 406 g/mol. The molecule has 2 aromatic carbocycles. The van der Waals surface area contributed by atoms with Crippen molar-refractivity contribution in [2.24, 2.45) is 0 Å². The fourth-order valence-corrected chi connectivity index (χ4v) is 4.07. The summed E-state index contributed by atoms with van der Waals surface area (Å²) in [5.41, 5.74) is 8.45. The largest absolute Gasteiger partial charge is 0.308 e. The smallest absolute Gasteiger partial charge is 0.257 e. The van der Waals surface area contributed by atoms with E-state index in [1.54, 1.807) is 24.3 Å². The van der Waals surface area contributed by atoms with Gasteiger partial charge < -0.3 is 5.43 Å². The van der Waals surface area contributed by atoms with Gasteiger partial charge in [0.25, 0.3) is 10.0 Å². The van der Waals surface area contributed by atoms with Gasteiger partial charge in [0, 0.05) is 10.0 Å². The Balaban J connectivity index is 1.83. The lowest BCUT2D eigenvalue weighted by molar-refractivity contribution is 0.575. The van der Waals surface area contributed by atoms with Gasteiger partial charge in [0.15, 0.2) is 0 Å². The Morgan fingerprint density at radius 3 is 2.50 bits per heavy atom.